The number of benzene rings is 1. The number of rotatable bonds is 6. The molecule has 0 spiro atoms. The van der Waals surface area contributed by atoms with E-state index >= 15 is 0 Å². The van der Waals surface area contributed by atoms with Gasteiger partial charge in [-0.3, -0.25) is 0 Å². The van der Waals surface area contributed by atoms with Gasteiger partial charge in [0.05, 0.1) is 0 Å². The molecule has 0 bridgehead atoms. The first-order chi connectivity index (χ1) is 8.46. The summed E-state index contributed by atoms with van der Waals surface area (Å²) < 4.78 is 1.05. The highest BCUT2D eigenvalue weighted by atomic mass is 79.9. The molecule has 1 N–H and O–H groups in total. The molecule has 2 rings (SSSR count). The van der Waals surface area contributed by atoms with Crippen LogP contribution in [0.25, 0.3) is 0 Å². The van der Waals surface area contributed by atoms with Gasteiger partial charge in [0.2, 0.25) is 0 Å². The summed E-state index contributed by atoms with van der Waals surface area (Å²) in [7, 11) is 0. The van der Waals surface area contributed by atoms with Crippen LogP contribution >= 0.6 is 27.5 Å². The van der Waals surface area contributed by atoms with Gasteiger partial charge in [-0.25, -0.2) is 0 Å². The van der Waals surface area contributed by atoms with E-state index in [1.807, 2.05) is 6.07 Å². The summed E-state index contributed by atoms with van der Waals surface area (Å²) in [6, 6.07) is 6.98. The Morgan fingerprint density at radius 3 is 2.72 bits per heavy atom. The lowest BCUT2D eigenvalue weighted by molar-refractivity contribution is 0.325. The highest BCUT2D eigenvalue weighted by Crippen LogP contribution is 2.31. The van der Waals surface area contributed by atoms with Crippen molar-refractivity contribution in [1.29, 1.82) is 0 Å². The predicted octanol–water partition coefficient (Wildman–Crippen LogP) is 4.81. The monoisotopic (exact) mass is 329 g/mol. The van der Waals surface area contributed by atoms with Crippen LogP contribution in [-0.2, 0) is 6.42 Å². The normalized spacial score (nSPS) is 16.0. The second-order valence-electron chi connectivity index (χ2n) is 6.06. The van der Waals surface area contributed by atoms with Gasteiger partial charge >= 0.3 is 0 Å². The standard InChI is InChI=1S/C15H21BrClN/c1-15(2,7-8-18-13-5-6-13)10-11-3-4-12(16)9-14(11)17/h3-4,9,13,18H,5-8,10H2,1-2H3. The maximum absolute atomic E-state index is 6.28. The molecule has 0 unspecified atom stereocenters. The van der Waals surface area contributed by atoms with Crippen molar-refractivity contribution in [3.8, 4) is 0 Å². The van der Waals surface area contributed by atoms with E-state index in [1.54, 1.807) is 0 Å². The van der Waals surface area contributed by atoms with E-state index in [0.29, 0.717) is 5.41 Å². The molecule has 1 nitrogen and oxygen atoms in total. The van der Waals surface area contributed by atoms with Crippen molar-refractivity contribution in [2.24, 2.45) is 5.41 Å². The molecule has 1 fully saturated rings. The van der Waals surface area contributed by atoms with E-state index in [-0.39, 0.29) is 0 Å². The first kappa shape index (κ1) is 14.4. The van der Waals surface area contributed by atoms with Gasteiger partial charge < -0.3 is 5.32 Å². The Balaban J connectivity index is 1.88. The third-order valence-electron chi connectivity index (χ3n) is 3.50. The van der Waals surface area contributed by atoms with Gasteiger partial charge in [0.15, 0.2) is 0 Å². The second-order valence-corrected chi connectivity index (χ2v) is 7.38. The quantitative estimate of drug-likeness (QED) is 0.789. The Kier molecular flexibility index (Phi) is 4.74. The smallest absolute Gasteiger partial charge is 0.0449 e. The Morgan fingerprint density at radius 2 is 2.11 bits per heavy atom. The average Bonchev–Trinajstić information content (AvgIpc) is 3.06. The van der Waals surface area contributed by atoms with Crippen LogP contribution in [0, 0.1) is 5.41 Å². The van der Waals surface area contributed by atoms with E-state index in [0.717, 1.165) is 28.5 Å². The summed E-state index contributed by atoms with van der Waals surface area (Å²) in [5, 5.41) is 4.45. The SMILES string of the molecule is CC(C)(CCNC1CC1)Cc1ccc(Br)cc1Cl. The molecule has 18 heavy (non-hydrogen) atoms. The van der Waals surface area contributed by atoms with Crippen molar-refractivity contribution in [3.63, 3.8) is 0 Å². The molecule has 1 saturated carbocycles. The fourth-order valence-corrected chi connectivity index (χ4v) is 2.91. The molecule has 0 aromatic heterocycles. The highest BCUT2D eigenvalue weighted by Gasteiger charge is 2.23. The first-order valence-electron chi connectivity index (χ1n) is 6.64. The van der Waals surface area contributed by atoms with Crippen molar-refractivity contribution in [2.75, 3.05) is 6.54 Å². The summed E-state index contributed by atoms with van der Waals surface area (Å²) in [4.78, 5) is 0. The Bertz CT molecular complexity index is 413. The minimum Gasteiger partial charge on any atom is -0.314 e. The molecule has 0 radical (unpaired) electrons. The lowest BCUT2D eigenvalue weighted by Gasteiger charge is -2.25. The minimum atomic E-state index is 0.291. The van der Waals surface area contributed by atoms with Gasteiger partial charge in [-0.2, -0.15) is 0 Å². The molecule has 0 heterocycles. The van der Waals surface area contributed by atoms with Crippen LogP contribution in [-0.4, -0.2) is 12.6 Å². The molecule has 0 aliphatic heterocycles. The van der Waals surface area contributed by atoms with Crippen LogP contribution in [0.3, 0.4) is 0 Å². The molecule has 100 valence electrons. The van der Waals surface area contributed by atoms with E-state index in [4.69, 9.17) is 11.6 Å². The van der Waals surface area contributed by atoms with Gasteiger partial charge in [0.25, 0.3) is 0 Å². The Labute approximate surface area is 123 Å². The van der Waals surface area contributed by atoms with Gasteiger partial charge in [-0.1, -0.05) is 47.4 Å². The number of nitrogens with one attached hydrogen (secondary N) is 1. The van der Waals surface area contributed by atoms with Crippen LogP contribution in [0.1, 0.15) is 38.7 Å². The van der Waals surface area contributed by atoms with Crippen LogP contribution in [0.2, 0.25) is 5.02 Å². The summed E-state index contributed by atoms with van der Waals surface area (Å²) >= 11 is 9.73. The zero-order valence-electron chi connectivity index (χ0n) is 11.1. The number of hydrogen-bond donors (Lipinski definition) is 1. The predicted molar refractivity (Wildman–Crippen MR) is 82.3 cm³/mol. The molecule has 3 heteroatoms. The van der Waals surface area contributed by atoms with E-state index in [1.165, 1.54) is 24.8 Å². The lowest BCUT2D eigenvalue weighted by atomic mass is 9.82. The van der Waals surface area contributed by atoms with E-state index < -0.39 is 0 Å². The van der Waals surface area contributed by atoms with Crippen molar-refractivity contribution in [3.05, 3.63) is 33.3 Å². The summed E-state index contributed by atoms with van der Waals surface area (Å²) in [5.74, 6) is 0. The maximum Gasteiger partial charge on any atom is 0.0449 e. The van der Waals surface area contributed by atoms with E-state index in [2.05, 4.69) is 47.2 Å². The maximum atomic E-state index is 6.28. The van der Waals surface area contributed by atoms with Crippen molar-refractivity contribution in [1.82, 2.24) is 5.32 Å². The molecule has 1 aliphatic carbocycles. The fourth-order valence-electron chi connectivity index (χ4n) is 2.17. The summed E-state index contributed by atoms with van der Waals surface area (Å²) in [5.41, 5.74) is 1.54. The Morgan fingerprint density at radius 1 is 1.39 bits per heavy atom. The van der Waals surface area contributed by atoms with Crippen LogP contribution < -0.4 is 5.32 Å². The molecule has 1 aliphatic rings. The second kappa shape index (κ2) is 5.94. The number of halogens is 2. The van der Waals surface area contributed by atoms with Gasteiger partial charge in [-0.05, 0) is 55.3 Å². The third kappa shape index (κ3) is 4.56. The van der Waals surface area contributed by atoms with Crippen LogP contribution in [0.15, 0.2) is 22.7 Å². The topological polar surface area (TPSA) is 12.0 Å². The highest BCUT2D eigenvalue weighted by molar-refractivity contribution is 9.10. The molecule has 0 saturated heterocycles. The average molecular weight is 331 g/mol. The molecule has 1 aromatic rings. The van der Waals surface area contributed by atoms with Gasteiger partial charge in [0, 0.05) is 15.5 Å². The molecule has 0 atom stereocenters. The first-order valence-corrected chi connectivity index (χ1v) is 7.81. The molecular formula is C15H21BrClN. The Hall–Kier alpha value is -0.0500. The zero-order valence-corrected chi connectivity index (χ0v) is 13.4. The van der Waals surface area contributed by atoms with Crippen molar-refractivity contribution >= 4 is 27.5 Å². The van der Waals surface area contributed by atoms with Crippen molar-refractivity contribution < 1.29 is 0 Å². The zero-order chi connectivity index (χ0) is 13.2. The summed E-state index contributed by atoms with van der Waals surface area (Å²) in [6.45, 7) is 5.76. The van der Waals surface area contributed by atoms with Gasteiger partial charge in [-0.15, -0.1) is 0 Å². The third-order valence-corrected chi connectivity index (χ3v) is 4.34. The van der Waals surface area contributed by atoms with Gasteiger partial charge in [0.1, 0.15) is 0 Å². The van der Waals surface area contributed by atoms with Crippen molar-refractivity contribution in [2.45, 2.75) is 45.6 Å². The minimum absolute atomic E-state index is 0.291. The number of hydrogen-bond acceptors (Lipinski definition) is 1. The lowest BCUT2D eigenvalue weighted by Crippen LogP contribution is -2.25. The largest absolute Gasteiger partial charge is 0.314 e. The molecule has 1 aromatic carbocycles. The molecular weight excluding hydrogens is 310 g/mol. The van der Waals surface area contributed by atoms with Crippen LogP contribution in [0.4, 0.5) is 0 Å². The fraction of sp³-hybridized carbons (Fsp3) is 0.600. The van der Waals surface area contributed by atoms with Crippen LogP contribution in [0.5, 0.6) is 0 Å². The summed E-state index contributed by atoms with van der Waals surface area (Å²) in [6.07, 6.45) is 4.94. The van der Waals surface area contributed by atoms with E-state index in [9.17, 15) is 0 Å². The molecule has 0 amide bonds.